The van der Waals surface area contributed by atoms with Gasteiger partial charge in [0.2, 0.25) is 0 Å². The van der Waals surface area contributed by atoms with Gasteiger partial charge in [0, 0.05) is 26.6 Å². The molecule has 0 radical (unpaired) electrons. The summed E-state index contributed by atoms with van der Waals surface area (Å²) in [5.41, 5.74) is -0.0923. The summed E-state index contributed by atoms with van der Waals surface area (Å²) in [6, 6.07) is -0.128. The number of hydrogen-bond acceptors (Lipinski definition) is 3. The normalized spacial score (nSPS) is 11.5. The number of amides is 2. The number of likely N-dealkylation sites (N-methyl/N-ethyl adjacent to an activating group) is 1. The Labute approximate surface area is 127 Å². The van der Waals surface area contributed by atoms with E-state index in [9.17, 15) is 9.59 Å². The Hall–Kier alpha value is -1.30. The van der Waals surface area contributed by atoms with Crippen LogP contribution in [0.3, 0.4) is 0 Å². The maximum Gasteiger partial charge on any atom is 0.317 e. The third-order valence-corrected chi connectivity index (χ3v) is 3.32. The minimum atomic E-state index is -0.781. The molecule has 0 saturated heterocycles. The summed E-state index contributed by atoms with van der Waals surface area (Å²) in [6.07, 6.45) is 1.68. The molecule has 0 heterocycles. The van der Waals surface area contributed by atoms with E-state index < -0.39 is 5.97 Å². The summed E-state index contributed by atoms with van der Waals surface area (Å²) < 4.78 is 5.40. The quantitative estimate of drug-likeness (QED) is 0.649. The predicted molar refractivity (Wildman–Crippen MR) is 82.4 cm³/mol. The number of carboxylic acid groups (broad SMARTS) is 1. The lowest BCUT2D eigenvalue weighted by atomic mass is 9.84. The largest absolute Gasteiger partial charge is 0.481 e. The molecule has 0 aliphatic heterocycles. The Bertz CT molecular complexity index is 330. The minimum absolute atomic E-state index is 0.0923. The Morgan fingerprint density at radius 3 is 2.43 bits per heavy atom. The summed E-state index contributed by atoms with van der Waals surface area (Å²) in [4.78, 5) is 24.0. The molecule has 124 valence electrons. The highest BCUT2D eigenvalue weighted by atomic mass is 16.5. The van der Waals surface area contributed by atoms with Crippen molar-refractivity contribution >= 4 is 12.0 Å². The second-order valence-electron chi connectivity index (χ2n) is 6.38. The molecule has 0 aromatic heterocycles. The number of carbonyl (C=O) groups excluding carboxylic acids is 1. The van der Waals surface area contributed by atoms with E-state index in [-0.39, 0.29) is 24.0 Å². The lowest BCUT2D eigenvalue weighted by Gasteiger charge is -2.25. The predicted octanol–water partition coefficient (Wildman–Crippen LogP) is 2.33. The van der Waals surface area contributed by atoms with E-state index in [1.54, 1.807) is 11.9 Å². The summed E-state index contributed by atoms with van der Waals surface area (Å²) in [5.74, 6) is -0.781. The zero-order valence-corrected chi connectivity index (χ0v) is 13.9. The molecule has 0 bridgehead atoms. The fourth-order valence-corrected chi connectivity index (χ4v) is 1.74. The SMILES string of the molecule is CC(C)OCCN(C)C(=O)NCCC(C)(C)CCC(=O)O. The van der Waals surface area contributed by atoms with Gasteiger partial charge in [-0.05, 0) is 32.1 Å². The van der Waals surface area contributed by atoms with Gasteiger partial charge < -0.3 is 20.1 Å². The maximum atomic E-state index is 11.8. The van der Waals surface area contributed by atoms with Crippen molar-refractivity contribution in [1.82, 2.24) is 10.2 Å². The number of carbonyl (C=O) groups is 2. The molecule has 0 aliphatic carbocycles. The van der Waals surface area contributed by atoms with Gasteiger partial charge in [0.25, 0.3) is 0 Å². The number of aliphatic carboxylic acids is 1. The lowest BCUT2D eigenvalue weighted by Crippen LogP contribution is -2.40. The van der Waals surface area contributed by atoms with Crippen LogP contribution in [0.15, 0.2) is 0 Å². The molecular weight excluding hydrogens is 272 g/mol. The van der Waals surface area contributed by atoms with Crippen LogP contribution in [0.25, 0.3) is 0 Å². The van der Waals surface area contributed by atoms with E-state index in [1.807, 2.05) is 27.7 Å². The number of rotatable bonds is 10. The molecular formula is C15H30N2O4. The molecule has 21 heavy (non-hydrogen) atoms. The van der Waals surface area contributed by atoms with Crippen molar-refractivity contribution in [2.24, 2.45) is 5.41 Å². The number of ether oxygens (including phenoxy) is 1. The van der Waals surface area contributed by atoms with Crippen LogP contribution in [0.4, 0.5) is 4.79 Å². The highest BCUT2D eigenvalue weighted by molar-refractivity contribution is 5.73. The van der Waals surface area contributed by atoms with Crippen LogP contribution >= 0.6 is 0 Å². The van der Waals surface area contributed by atoms with Crippen LogP contribution in [-0.2, 0) is 9.53 Å². The molecule has 0 rings (SSSR count). The topological polar surface area (TPSA) is 78.9 Å². The number of nitrogens with zero attached hydrogens (tertiary/aromatic N) is 1. The molecule has 0 aliphatic rings. The van der Waals surface area contributed by atoms with Crippen LogP contribution in [0.1, 0.15) is 47.0 Å². The molecule has 6 nitrogen and oxygen atoms in total. The van der Waals surface area contributed by atoms with Crippen LogP contribution in [0, 0.1) is 5.41 Å². The van der Waals surface area contributed by atoms with Gasteiger partial charge in [0.15, 0.2) is 0 Å². The standard InChI is InChI=1S/C15H30N2O4/c1-12(2)21-11-10-17(5)14(20)16-9-8-15(3,4)7-6-13(18)19/h12H,6-11H2,1-5H3,(H,16,20)(H,18,19). The van der Waals surface area contributed by atoms with E-state index in [0.717, 1.165) is 6.42 Å². The van der Waals surface area contributed by atoms with Crippen molar-refractivity contribution in [3.63, 3.8) is 0 Å². The van der Waals surface area contributed by atoms with Crippen molar-refractivity contribution in [2.45, 2.75) is 53.1 Å². The van der Waals surface area contributed by atoms with Crippen LogP contribution < -0.4 is 5.32 Å². The van der Waals surface area contributed by atoms with Crippen molar-refractivity contribution in [3.8, 4) is 0 Å². The van der Waals surface area contributed by atoms with E-state index in [2.05, 4.69) is 5.32 Å². The molecule has 2 N–H and O–H groups in total. The molecule has 2 amide bonds. The first kappa shape index (κ1) is 19.7. The van der Waals surface area contributed by atoms with Gasteiger partial charge in [0.05, 0.1) is 12.7 Å². The molecule has 0 aromatic carbocycles. The summed E-state index contributed by atoms with van der Waals surface area (Å²) in [7, 11) is 1.73. The Kier molecular flexibility index (Phi) is 9.01. The first-order valence-corrected chi connectivity index (χ1v) is 7.46. The number of hydrogen-bond donors (Lipinski definition) is 2. The van der Waals surface area contributed by atoms with Gasteiger partial charge >= 0.3 is 12.0 Å². The fraction of sp³-hybridized carbons (Fsp3) is 0.867. The van der Waals surface area contributed by atoms with E-state index >= 15 is 0 Å². The third-order valence-electron chi connectivity index (χ3n) is 3.32. The van der Waals surface area contributed by atoms with Gasteiger partial charge in [0.1, 0.15) is 0 Å². The molecule has 0 fully saturated rings. The highest BCUT2D eigenvalue weighted by Crippen LogP contribution is 2.25. The summed E-state index contributed by atoms with van der Waals surface area (Å²) in [5, 5.41) is 11.5. The molecule has 0 atom stereocenters. The molecule has 0 unspecified atom stereocenters. The first-order chi connectivity index (χ1) is 9.64. The summed E-state index contributed by atoms with van der Waals surface area (Å²) >= 11 is 0. The number of urea groups is 1. The Balaban J connectivity index is 3.88. The van der Waals surface area contributed by atoms with Gasteiger partial charge in [-0.25, -0.2) is 4.79 Å². The van der Waals surface area contributed by atoms with Gasteiger partial charge in [-0.15, -0.1) is 0 Å². The van der Waals surface area contributed by atoms with Crippen molar-refractivity contribution in [2.75, 3.05) is 26.7 Å². The third kappa shape index (κ3) is 11.1. The summed E-state index contributed by atoms with van der Waals surface area (Å²) in [6.45, 7) is 9.56. The number of carboxylic acids is 1. The zero-order valence-electron chi connectivity index (χ0n) is 13.9. The Morgan fingerprint density at radius 2 is 1.90 bits per heavy atom. The Morgan fingerprint density at radius 1 is 1.29 bits per heavy atom. The highest BCUT2D eigenvalue weighted by Gasteiger charge is 2.19. The minimum Gasteiger partial charge on any atom is -0.481 e. The van der Waals surface area contributed by atoms with Crippen LogP contribution in [0.2, 0.25) is 0 Å². The lowest BCUT2D eigenvalue weighted by molar-refractivity contribution is -0.137. The smallest absolute Gasteiger partial charge is 0.317 e. The molecule has 0 aromatic rings. The average Bonchev–Trinajstić information content (AvgIpc) is 2.35. The van der Waals surface area contributed by atoms with E-state index in [0.29, 0.717) is 26.1 Å². The second kappa shape index (κ2) is 9.60. The van der Waals surface area contributed by atoms with Gasteiger partial charge in [-0.2, -0.15) is 0 Å². The maximum absolute atomic E-state index is 11.8. The fourth-order valence-electron chi connectivity index (χ4n) is 1.74. The zero-order chi connectivity index (χ0) is 16.5. The van der Waals surface area contributed by atoms with E-state index in [4.69, 9.17) is 9.84 Å². The first-order valence-electron chi connectivity index (χ1n) is 7.46. The van der Waals surface area contributed by atoms with Crippen molar-refractivity contribution in [1.29, 1.82) is 0 Å². The molecule has 0 spiro atoms. The molecule has 6 heteroatoms. The van der Waals surface area contributed by atoms with Gasteiger partial charge in [-0.3, -0.25) is 4.79 Å². The van der Waals surface area contributed by atoms with E-state index in [1.165, 1.54) is 0 Å². The van der Waals surface area contributed by atoms with Crippen LogP contribution in [-0.4, -0.2) is 54.9 Å². The molecule has 0 saturated carbocycles. The van der Waals surface area contributed by atoms with Crippen molar-refractivity contribution < 1.29 is 19.4 Å². The van der Waals surface area contributed by atoms with Crippen LogP contribution in [0.5, 0.6) is 0 Å². The monoisotopic (exact) mass is 302 g/mol. The van der Waals surface area contributed by atoms with Crippen molar-refractivity contribution in [3.05, 3.63) is 0 Å². The average molecular weight is 302 g/mol. The number of nitrogens with one attached hydrogen (secondary N) is 1. The second-order valence-corrected chi connectivity index (χ2v) is 6.38. The van der Waals surface area contributed by atoms with Gasteiger partial charge in [-0.1, -0.05) is 13.8 Å².